The molecule has 0 radical (unpaired) electrons. The van der Waals surface area contributed by atoms with Crippen molar-refractivity contribution < 1.29 is 28.6 Å². The molecule has 126 valence electrons. The molecule has 0 saturated carbocycles. The van der Waals surface area contributed by atoms with Crippen LogP contribution in [0.15, 0.2) is 36.4 Å². The van der Waals surface area contributed by atoms with Crippen LogP contribution in [0.3, 0.4) is 0 Å². The Labute approximate surface area is 141 Å². The number of ether oxygens (including phenoxy) is 2. The van der Waals surface area contributed by atoms with Crippen molar-refractivity contribution in [3.63, 3.8) is 0 Å². The molecule has 1 amide bonds. The van der Waals surface area contributed by atoms with E-state index in [1.165, 1.54) is 37.4 Å². The molecule has 0 spiro atoms. The minimum Gasteiger partial charge on any atom is -0.493 e. The molecule has 8 heteroatoms. The van der Waals surface area contributed by atoms with Crippen LogP contribution in [0.2, 0.25) is 5.02 Å². The zero-order valence-corrected chi connectivity index (χ0v) is 13.3. The van der Waals surface area contributed by atoms with Gasteiger partial charge in [-0.15, -0.1) is 0 Å². The van der Waals surface area contributed by atoms with Crippen LogP contribution in [0.1, 0.15) is 10.4 Å². The van der Waals surface area contributed by atoms with E-state index >= 15 is 0 Å². The minimum absolute atomic E-state index is 0.0303. The summed E-state index contributed by atoms with van der Waals surface area (Å²) in [7, 11) is 1.33. The van der Waals surface area contributed by atoms with Crippen molar-refractivity contribution >= 4 is 29.2 Å². The van der Waals surface area contributed by atoms with Crippen molar-refractivity contribution in [1.82, 2.24) is 0 Å². The largest absolute Gasteiger partial charge is 0.493 e. The summed E-state index contributed by atoms with van der Waals surface area (Å²) in [5.74, 6) is -2.40. The van der Waals surface area contributed by atoms with E-state index in [4.69, 9.17) is 26.2 Å². The Bertz CT molecular complexity index is 781. The molecule has 0 atom stereocenters. The molecule has 0 unspecified atom stereocenters. The van der Waals surface area contributed by atoms with Crippen LogP contribution in [0.25, 0.3) is 0 Å². The molecule has 2 N–H and O–H groups in total. The molecule has 0 aliphatic carbocycles. The summed E-state index contributed by atoms with van der Waals surface area (Å²) in [5, 5.41) is 11.5. The van der Waals surface area contributed by atoms with E-state index in [0.717, 1.165) is 0 Å². The average molecular weight is 354 g/mol. The summed E-state index contributed by atoms with van der Waals surface area (Å²) in [4.78, 5) is 23.0. The van der Waals surface area contributed by atoms with E-state index in [2.05, 4.69) is 5.32 Å². The van der Waals surface area contributed by atoms with Gasteiger partial charge >= 0.3 is 5.97 Å². The normalized spacial score (nSPS) is 10.1. The molecule has 2 aromatic rings. The van der Waals surface area contributed by atoms with Gasteiger partial charge in [0.25, 0.3) is 5.91 Å². The highest BCUT2D eigenvalue weighted by Gasteiger charge is 2.16. The van der Waals surface area contributed by atoms with Gasteiger partial charge < -0.3 is 19.9 Å². The summed E-state index contributed by atoms with van der Waals surface area (Å²) in [6.07, 6.45) is 0. The summed E-state index contributed by atoms with van der Waals surface area (Å²) >= 11 is 5.94. The fourth-order valence-corrected chi connectivity index (χ4v) is 2.21. The van der Waals surface area contributed by atoms with Crippen LogP contribution in [-0.2, 0) is 4.79 Å². The maximum atomic E-state index is 13.4. The molecule has 0 fully saturated rings. The van der Waals surface area contributed by atoms with E-state index in [0.29, 0.717) is 0 Å². The Morgan fingerprint density at radius 3 is 2.62 bits per heavy atom. The number of hydrogen-bond donors (Lipinski definition) is 2. The second-order valence-corrected chi connectivity index (χ2v) is 5.02. The van der Waals surface area contributed by atoms with Crippen molar-refractivity contribution in [1.29, 1.82) is 0 Å². The molecule has 24 heavy (non-hydrogen) atoms. The highest BCUT2D eigenvalue weighted by Crippen LogP contribution is 2.34. The van der Waals surface area contributed by atoms with E-state index in [1.54, 1.807) is 6.07 Å². The Balaban J connectivity index is 2.13. The third-order valence-electron chi connectivity index (χ3n) is 2.96. The van der Waals surface area contributed by atoms with Gasteiger partial charge in [0.2, 0.25) is 0 Å². The molecule has 0 aliphatic heterocycles. The first kappa shape index (κ1) is 17.6. The molecular weight excluding hydrogens is 341 g/mol. The van der Waals surface area contributed by atoms with Crippen molar-refractivity contribution in [3.05, 3.63) is 52.8 Å². The molecular formula is C16H13ClFNO5. The van der Waals surface area contributed by atoms with Crippen LogP contribution in [0.5, 0.6) is 11.5 Å². The monoisotopic (exact) mass is 353 g/mol. The lowest BCUT2D eigenvalue weighted by atomic mass is 10.2. The maximum absolute atomic E-state index is 13.4. The van der Waals surface area contributed by atoms with Crippen molar-refractivity contribution in [3.8, 4) is 11.5 Å². The number of carbonyl (C=O) groups excluding carboxylic acids is 1. The maximum Gasteiger partial charge on any atom is 0.335 e. The molecule has 2 aromatic carbocycles. The predicted octanol–water partition coefficient (Wildman–Crippen LogP) is 3.20. The number of carbonyl (C=O) groups is 2. The smallest absolute Gasteiger partial charge is 0.335 e. The van der Waals surface area contributed by atoms with E-state index in [-0.39, 0.29) is 27.8 Å². The Hall–Kier alpha value is -2.80. The Morgan fingerprint density at radius 2 is 2.00 bits per heavy atom. The number of hydrogen-bond acceptors (Lipinski definition) is 4. The van der Waals surface area contributed by atoms with Crippen LogP contribution < -0.4 is 14.8 Å². The number of carboxylic acids is 1. The van der Waals surface area contributed by atoms with Crippen LogP contribution in [-0.4, -0.2) is 30.7 Å². The number of methoxy groups -OCH3 is 1. The highest BCUT2D eigenvalue weighted by atomic mass is 35.5. The van der Waals surface area contributed by atoms with Gasteiger partial charge in [-0.25, -0.2) is 9.18 Å². The quantitative estimate of drug-likeness (QED) is 0.833. The van der Waals surface area contributed by atoms with Gasteiger partial charge in [-0.3, -0.25) is 4.79 Å². The lowest BCUT2D eigenvalue weighted by molar-refractivity contribution is -0.118. The topological polar surface area (TPSA) is 84.9 Å². The highest BCUT2D eigenvalue weighted by molar-refractivity contribution is 6.33. The second kappa shape index (κ2) is 7.65. The SMILES string of the molecule is COc1c(Cl)cc(C(=O)O)cc1NC(=O)COc1ccccc1F. The van der Waals surface area contributed by atoms with E-state index in [1.807, 2.05) is 0 Å². The number of para-hydroxylation sites is 1. The lowest BCUT2D eigenvalue weighted by Gasteiger charge is -2.13. The third-order valence-corrected chi connectivity index (χ3v) is 3.24. The van der Waals surface area contributed by atoms with Crippen LogP contribution >= 0.6 is 11.6 Å². The standard InChI is InChI=1S/C16H13ClFNO5/c1-23-15-10(17)6-9(16(21)22)7-12(15)19-14(20)8-24-13-5-3-2-4-11(13)18/h2-7H,8H2,1H3,(H,19,20)(H,21,22). The first-order valence-electron chi connectivity index (χ1n) is 6.70. The van der Waals surface area contributed by atoms with Gasteiger partial charge in [-0.1, -0.05) is 23.7 Å². The van der Waals surface area contributed by atoms with Crippen LogP contribution in [0, 0.1) is 5.82 Å². The molecule has 0 aliphatic rings. The zero-order chi connectivity index (χ0) is 17.7. The number of aromatic carboxylic acids is 1. The molecule has 2 rings (SSSR count). The number of anilines is 1. The first-order chi connectivity index (χ1) is 11.4. The number of nitrogens with one attached hydrogen (secondary N) is 1. The Kier molecular flexibility index (Phi) is 5.59. The van der Waals surface area contributed by atoms with E-state index < -0.39 is 24.3 Å². The number of amides is 1. The number of halogens is 2. The lowest BCUT2D eigenvalue weighted by Crippen LogP contribution is -2.21. The number of carboxylic acid groups (broad SMARTS) is 1. The molecule has 0 bridgehead atoms. The number of benzene rings is 2. The first-order valence-corrected chi connectivity index (χ1v) is 7.08. The average Bonchev–Trinajstić information content (AvgIpc) is 2.53. The van der Waals surface area contributed by atoms with Gasteiger partial charge in [-0.2, -0.15) is 0 Å². The third kappa shape index (κ3) is 4.14. The van der Waals surface area contributed by atoms with Crippen molar-refractivity contribution in [2.75, 3.05) is 19.0 Å². The minimum atomic E-state index is -1.21. The molecule has 0 saturated heterocycles. The Morgan fingerprint density at radius 1 is 1.29 bits per heavy atom. The van der Waals surface area contributed by atoms with Gasteiger partial charge in [0, 0.05) is 0 Å². The molecule has 0 heterocycles. The molecule has 0 aromatic heterocycles. The van der Waals surface area contributed by atoms with Crippen LogP contribution in [0.4, 0.5) is 10.1 Å². The van der Waals surface area contributed by atoms with Gasteiger partial charge in [-0.05, 0) is 24.3 Å². The van der Waals surface area contributed by atoms with Gasteiger partial charge in [0.05, 0.1) is 23.4 Å². The van der Waals surface area contributed by atoms with E-state index in [9.17, 15) is 14.0 Å². The predicted molar refractivity (Wildman–Crippen MR) is 85.5 cm³/mol. The van der Waals surface area contributed by atoms with Crippen molar-refractivity contribution in [2.45, 2.75) is 0 Å². The van der Waals surface area contributed by atoms with Gasteiger partial charge in [0.1, 0.15) is 0 Å². The fourth-order valence-electron chi connectivity index (χ4n) is 1.91. The molecule has 6 nitrogen and oxygen atoms in total. The summed E-state index contributed by atoms with van der Waals surface area (Å²) in [6.45, 7) is -0.473. The summed E-state index contributed by atoms with van der Waals surface area (Å²) < 4.78 is 23.5. The van der Waals surface area contributed by atoms with Crippen molar-refractivity contribution in [2.24, 2.45) is 0 Å². The fraction of sp³-hybridized carbons (Fsp3) is 0.125. The summed E-state index contributed by atoms with van der Waals surface area (Å²) in [5.41, 5.74) is -0.0457. The zero-order valence-electron chi connectivity index (χ0n) is 12.5. The number of rotatable bonds is 6. The second-order valence-electron chi connectivity index (χ2n) is 4.61. The summed E-state index contributed by atoms with van der Waals surface area (Å²) in [6, 6.07) is 8.04. The van der Waals surface area contributed by atoms with Gasteiger partial charge in [0.15, 0.2) is 23.9 Å².